The third-order valence-electron chi connectivity index (χ3n) is 6.05. The molecule has 0 fully saturated rings. The fraction of sp³-hybridized carbons (Fsp3) is 0.120. The first-order valence-electron chi connectivity index (χ1n) is 11.4. The summed E-state index contributed by atoms with van der Waals surface area (Å²) in [5, 5.41) is 11.6. The number of hydrogen-bond donors (Lipinski definition) is 4. The normalized spacial score (nSPS) is 15.0. The lowest BCUT2D eigenvalue weighted by Crippen LogP contribution is -2.23. The number of rotatable bonds is 6. The Morgan fingerprint density at radius 2 is 2.03 bits per heavy atom. The lowest BCUT2D eigenvalue weighted by atomic mass is 9.98. The summed E-state index contributed by atoms with van der Waals surface area (Å²) < 4.78 is 39.9. The Labute approximate surface area is 211 Å². The molecule has 5 aromatic rings. The van der Waals surface area contributed by atoms with Gasteiger partial charge in [-0.2, -0.15) is 5.10 Å². The van der Waals surface area contributed by atoms with Gasteiger partial charge in [-0.05, 0) is 47.7 Å². The maximum Gasteiger partial charge on any atom is 0.209 e. The first-order chi connectivity index (χ1) is 17.8. The zero-order chi connectivity index (χ0) is 25.6. The van der Waals surface area contributed by atoms with E-state index in [1.807, 2.05) is 24.3 Å². The van der Waals surface area contributed by atoms with Crippen LogP contribution in [0.1, 0.15) is 28.6 Å². The highest BCUT2D eigenvalue weighted by atomic mass is 32.2. The van der Waals surface area contributed by atoms with Crippen molar-refractivity contribution in [3.63, 3.8) is 0 Å². The van der Waals surface area contributed by atoms with Gasteiger partial charge in [-0.25, -0.2) is 22.5 Å². The molecule has 1 aliphatic heterocycles. The average Bonchev–Trinajstić information content (AvgIpc) is 3.51. The Morgan fingerprint density at radius 1 is 1.14 bits per heavy atom. The monoisotopic (exact) mass is 516 g/mol. The number of benzene rings is 2. The number of aromatic amines is 2. The van der Waals surface area contributed by atoms with Gasteiger partial charge in [-0.3, -0.25) is 15.1 Å². The standard InChI is InChI=1S/C25H21FN8O2S/c1-37(35,36)30-12-14-8-16(10-17(26)9-14)22-24-20(4-5-29-22)31-25(32-24)23-18-11-15(2-3-19(18)33-34-23)21-13-27-6-7-28-21/h2-11,13,22,29-30H,12H2,1H3,(H,31,32)(H,33,34). The SMILES string of the molecule is CS(=O)(=O)NCc1cc(F)cc(C2NC=Cc3nc(-c4n[nH]c5ccc(-c6cnccn6)cc45)[nH]c32)c1. The first-order valence-corrected chi connectivity index (χ1v) is 13.2. The fourth-order valence-corrected chi connectivity index (χ4v) is 4.82. The zero-order valence-corrected chi connectivity index (χ0v) is 20.3. The Morgan fingerprint density at radius 3 is 2.84 bits per heavy atom. The van der Waals surface area contributed by atoms with Crippen LogP contribution in [0.5, 0.6) is 0 Å². The number of halogens is 1. The number of imidazole rings is 1. The highest BCUT2D eigenvalue weighted by Crippen LogP contribution is 2.33. The molecule has 1 aliphatic rings. The molecule has 4 N–H and O–H groups in total. The summed E-state index contributed by atoms with van der Waals surface area (Å²) in [5.74, 6) is 0.0940. The number of fused-ring (bicyclic) bond motifs is 2. The third kappa shape index (κ3) is 4.59. The van der Waals surface area contributed by atoms with E-state index in [0.717, 1.165) is 34.1 Å². The van der Waals surface area contributed by atoms with E-state index in [4.69, 9.17) is 4.98 Å². The smallest absolute Gasteiger partial charge is 0.209 e. The molecule has 10 nitrogen and oxygen atoms in total. The summed E-state index contributed by atoms with van der Waals surface area (Å²) in [7, 11) is -3.41. The molecule has 0 bridgehead atoms. The van der Waals surface area contributed by atoms with E-state index in [-0.39, 0.29) is 6.54 Å². The predicted octanol–water partition coefficient (Wildman–Crippen LogP) is 3.26. The van der Waals surface area contributed by atoms with Gasteiger partial charge in [0.05, 0.1) is 41.1 Å². The first kappa shape index (κ1) is 23.0. The molecular formula is C25H21FN8O2S. The highest BCUT2D eigenvalue weighted by Gasteiger charge is 2.25. The molecule has 0 radical (unpaired) electrons. The lowest BCUT2D eigenvalue weighted by Gasteiger charge is -2.21. The molecule has 12 heteroatoms. The number of nitrogens with one attached hydrogen (secondary N) is 4. The second-order valence-electron chi connectivity index (χ2n) is 8.73. The van der Waals surface area contributed by atoms with Crippen LogP contribution in [-0.2, 0) is 16.6 Å². The van der Waals surface area contributed by atoms with Gasteiger partial charge in [0.25, 0.3) is 0 Å². The highest BCUT2D eigenvalue weighted by molar-refractivity contribution is 7.88. The maximum atomic E-state index is 14.5. The van der Waals surface area contributed by atoms with Crippen LogP contribution >= 0.6 is 0 Å². The Hall–Kier alpha value is -4.42. The number of nitrogens with zero attached hydrogens (tertiary/aromatic N) is 4. The molecule has 1 unspecified atom stereocenters. The largest absolute Gasteiger partial charge is 0.379 e. The van der Waals surface area contributed by atoms with Gasteiger partial charge < -0.3 is 10.3 Å². The molecule has 4 heterocycles. The van der Waals surface area contributed by atoms with Crippen molar-refractivity contribution >= 4 is 27.0 Å². The van der Waals surface area contributed by atoms with Gasteiger partial charge >= 0.3 is 0 Å². The molecule has 0 amide bonds. The van der Waals surface area contributed by atoms with Crippen molar-refractivity contribution in [2.45, 2.75) is 12.6 Å². The molecule has 37 heavy (non-hydrogen) atoms. The summed E-state index contributed by atoms with van der Waals surface area (Å²) in [4.78, 5) is 16.6. The summed E-state index contributed by atoms with van der Waals surface area (Å²) in [6, 6.07) is 9.94. The van der Waals surface area contributed by atoms with E-state index < -0.39 is 21.9 Å². The molecule has 6 rings (SSSR count). The number of hydrogen-bond acceptors (Lipinski definition) is 7. The molecule has 0 saturated carbocycles. The van der Waals surface area contributed by atoms with Gasteiger partial charge in [-0.15, -0.1) is 0 Å². The number of sulfonamides is 1. The minimum absolute atomic E-state index is 0.0133. The van der Waals surface area contributed by atoms with E-state index in [1.54, 1.807) is 30.9 Å². The van der Waals surface area contributed by atoms with Crippen LogP contribution in [0.4, 0.5) is 4.39 Å². The number of H-pyrrole nitrogens is 2. The van der Waals surface area contributed by atoms with Crippen LogP contribution in [0.3, 0.4) is 0 Å². The predicted molar refractivity (Wildman–Crippen MR) is 137 cm³/mol. The average molecular weight is 517 g/mol. The van der Waals surface area contributed by atoms with Crippen molar-refractivity contribution in [3.8, 4) is 22.8 Å². The van der Waals surface area contributed by atoms with E-state index in [0.29, 0.717) is 28.3 Å². The summed E-state index contributed by atoms with van der Waals surface area (Å²) in [6.45, 7) is -0.0133. The molecule has 1 atom stereocenters. The Bertz CT molecular complexity index is 1760. The van der Waals surface area contributed by atoms with Crippen molar-refractivity contribution in [3.05, 3.63) is 89.5 Å². The zero-order valence-electron chi connectivity index (χ0n) is 19.5. The molecule has 3 aromatic heterocycles. The van der Waals surface area contributed by atoms with Crippen LogP contribution in [0.2, 0.25) is 0 Å². The van der Waals surface area contributed by atoms with Crippen molar-refractivity contribution < 1.29 is 12.8 Å². The van der Waals surface area contributed by atoms with E-state index in [1.165, 1.54) is 12.1 Å². The van der Waals surface area contributed by atoms with Crippen molar-refractivity contribution in [2.75, 3.05) is 6.26 Å². The van der Waals surface area contributed by atoms with Gasteiger partial charge in [0.2, 0.25) is 10.0 Å². The molecular weight excluding hydrogens is 495 g/mol. The van der Waals surface area contributed by atoms with Gasteiger partial charge in [0.1, 0.15) is 11.5 Å². The topological polar surface area (TPSA) is 141 Å². The van der Waals surface area contributed by atoms with Crippen LogP contribution < -0.4 is 10.0 Å². The van der Waals surface area contributed by atoms with Crippen molar-refractivity contribution in [1.82, 2.24) is 40.2 Å². The maximum absolute atomic E-state index is 14.5. The van der Waals surface area contributed by atoms with Crippen LogP contribution in [-0.4, -0.2) is 44.8 Å². The van der Waals surface area contributed by atoms with Gasteiger partial charge in [-0.1, -0.05) is 12.1 Å². The fourth-order valence-electron chi connectivity index (χ4n) is 4.39. The van der Waals surface area contributed by atoms with Gasteiger partial charge in [0.15, 0.2) is 5.82 Å². The molecule has 0 spiro atoms. The van der Waals surface area contributed by atoms with Crippen LogP contribution in [0, 0.1) is 5.82 Å². The van der Waals surface area contributed by atoms with Gasteiger partial charge in [0, 0.05) is 29.9 Å². The number of aromatic nitrogens is 6. The van der Waals surface area contributed by atoms with Crippen molar-refractivity contribution in [2.24, 2.45) is 0 Å². The Balaban J connectivity index is 1.38. The summed E-state index contributed by atoms with van der Waals surface area (Å²) >= 11 is 0. The summed E-state index contributed by atoms with van der Waals surface area (Å²) in [6.07, 6.45) is 9.62. The lowest BCUT2D eigenvalue weighted by molar-refractivity contribution is 0.585. The second kappa shape index (κ2) is 8.91. The molecule has 0 saturated heterocycles. The van der Waals surface area contributed by atoms with Crippen molar-refractivity contribution in [1.29, 1.82) is 0 Å². The van der Waals surface area contributed by atoms with E-state index in [2.05, 4.69) is 35.2 Å². The van der Waals surface area contributed by atoms with Crippen LogP contribution in [0.25, 0.3) is 39.8 Å². The third-order valence-corrected chi connectivity index (χ3v) is 6.72. The molecule has 2 aromatic carbocycles. The van der Waals surface area contributed by atoms with E-state index >= 15 is 0 Å². The summed E-state index contributed by atoms with van der Waals surface area (Å²) in [5.41, 5.74) is 5.70. The molecule has 186 valence electrons. The minimum atomic E-state index is -3.41. The minimum Gasteiger partial charge on any atom is -0.379 e. The molecule has 0 aliphatic carbocycles. The quantitative estimate of drug-likeness (QED) is 0.271. The van der Waals surface area contributed by atoms with E-state index in [9.17, 15) is 12.8 Å². The van der Waals surface area contributed by atoms with Crippen LogP contribution in [0.15, 0.2) is 61.2 Å². The second-order valence-corrected chi connectivity index (χ2v) is 10.6. The Kier molecular flexibility index (Phi) is 5.54.